The molecule has 7 nitrogen and oxygen atoms in total. The second kappa shape index (κ2) is 6.95. The van der Waals surface area contributed by atoms with E-state index in [1.807, 2.05) is 30.3 Å². The minimum absolute atomic E-state index is 0.0797. The van der Waals surface area contributed by atoms with Crippen molar-refractivity contribution in [2.24, 2.45) is 0 Å². The number of para-hydroxylation sites is 2. The molecular weight excluding hydrogens is 346 g/mol. The maximum atomic E-state index is 12.2. The van der Waals surface area contributed by atoms with Crippen LogP contribution < -0.4 is 21.1 Å². The van der Waals surface area contributed by atoms with Gasteiger partial charge in [0.2, 0.25) is 0 Å². The number of amides is 1. The van der Waals surface area contributed by atoms with Crippen molar-refractivity contribution in [1.29, 1.82) is 0 Å². The Morgan fingerprint density at radius 1 is 0.926 bits per heavy atom. The van der Waals surface area contributed by atoms with Gasteiger partial charge in [0, 0.05) is 26.8 Å². The molecule has 2 N–H and O–H groups in total. The van der Waals surface area contributed by atoms with E-state index in [-0.39, 0.29) is 34.3 Å². The van der Waals surface area contributed by atoms with Crippen molar-refractivity contribution in [3.8, 4) is 5.75 Å². The van der Waals surface area contributed by atoms with E-state index in [1.54, 1.807) is 32.1 Å². The average Bonchev–Trinajstić information content (AvgIpc) is 2.68. The largest absolute Gasteiger partial charge is 0.505 e. The molecule has 0 unspecified atom stereocenters. The molecule has 3 rings (SSSR count). The molecule has 0 spiro atoms. The standard InChI is InChI=1S/C20H19N3O4/c1-22(2)20(27)13-10-7-11-14(17(13)24)21-15-16(19(26)18(15)25)23(3)12-8-5-4-6-9-12/h4-11,21,24H,1-3H3. The number of carbonyl (C=O) groups is 1. The summed E-state index contributed by atoms with van der Waals surface area (Å²) in [7, 11) is 4.83. The number of anilines is 4. The van der Waals surface area contributed by atoms with Gasteiger partial charge in [-0.25, -0.2) is 0 Å². The van der Waals surface area contributed by atoms with Gasteiger partial charge in [0.25, 0.3) is 16.8 Å². The number of nitrogens with zero attached hydrogens (tertiary/aromatic N) is 2. The minimum Gasteiger partial charge on any atom is -0.505 e. The van der Waals surface area contributed by atoms with E-state index in [2.05, 4.69) is 5.32 Å². The molecule has 27 heavy (non-hydrogen) atoms. The van der Waals surface area contributed by atoms with E-state index in [0.717, 1.165) is 5.69 Å². The second-order valence-electron chi connectivity index (χ2n) is 6.30. The highest BCUT2D eigenvalue weighted by Gasteiger charge is 2.26. The summed E-state index contributed by atoms with van der Waals surface area (Å²) in [6.07, 6.45) is 0. The summed E-state index contributed by atoms with van der Waals surface area (Å²) < 4.78 is 0. The van der Waals surface area contributed by atoms with E-state index < -0.39 is 10.9 Å². The quantitative estimate of drug-likeness (QED) is 0.532. The van der Waals surface area contributed by atoms with Gasteiger partial charge in [-0.05, 0) is 24.3 Å². The average molecular weight is 365 g/mol. The zero-order valence-electron chi connectivity index (χ0n) is 15.2. The maximum Gasteiger partial charge on any atom is 0.257 e. The monoisotopic (exact) mass is 365 g/mol. The molecular formula is C20H19N3O4. The van der Waals surface area contributed by atoms with Crippen LogP contribution in [-0.2, 0) is 0 Å². The summed E-state index contributed by atoms with van der Waals surface area (Å²) >= 11 is 0. The van der Waals surface area contributed by atoms with Crippen molar-refractivity contribution in [3.63, 3.8) is 0 Å². The van der Waals surface area contributed by atoms with E-state index in [9.17, 15) is 19.5 Å². The van der Waals surface area contributed by atoms with Gasteiger partial charge in [0.15, 0.2) is 5.75 Å². The van der Waals surface area contributed by atoms with Gasteiger partial charge in [-0.1, -0.05) is 24.3 Å². The lowest BCUT2D eigenvalue weighted by Crippen LogP contribution is -2.39. The Morgan fingerprint density at radius 3 is 2.22 bits per heavy atom. The van der Waals surface area contributed by atoms with Crippen molar-refractivity contribution >= 4 is 28.7 Å². The molecule has 0 heterocycles. The number of aromatic hydroxyl groups is 1. The minimum atomic E-state index is -0.670. The third kappa shape index (κ3) is 3.15. The first-order valence-corrected chi connectivity index (χ1v) is 8.25. The molecule has 0 saturated carbocycles. The Kier molecular flexibility index (Phi) is 4.68. The van der Waals surface area contributed by atoms with Crippen molar-refractivity contribution < 1.29 is 9.90 Å². The third-order valence-corrected chi connectivity index (χ3v) is 4.30. The maximum absolute atomic E-state index is 12.2. The number of benzene rings is 2. The molecule has 0 aliphatic rings. The summed E-state index contributed by atoms with van der Waals surface area (Å²) in [4.78, 5) is 39.3. The fourth-order valence-electron chi connectivity index (χ4n) is 2.79. The van der Waals surface area contributed by atoms with Crippen LogP contribution in [0, 0.1) is 0 Å². The smallest absolute Gasteiger partial charge is 0.257 e. The Labute approximate surface area is 155 Å². The van der Waals surface area contributed by atoms with Gasteiger partial charge in [-0.2, -0.15) is 0 Å². The van der Waals surface area contributed by atoms with Crippen molar-refractivity contribution in [2.45, 2.75) is 0 Å². The van der Waals surface area contributed by atoms with Crippen LogP contribution in [0.5, 0.6) is 5.75 Å². The van der Waals surface area contributed by atoms with Crippen LogP contribution in [-0.4, -0.2) is 37.1 Å². The van der Waals surface area contributed by atoms with E-state index in [1.165, 1.54) is 17.0 Å². The normalized spacial score (nSPS) is 10.6. The van der Waals surface area contributed by atoms with Crippen LogP contribution in [0.1, 0.15) is 10.4 Å². The molecule has 138 valence electrons. The van der Waals surface area contributed by atoms with E-state index in [4.69, 9.17) is 0 Å². The van der Waals surface area contributed by atoms with Crippen LogP contribution in [0.2, 0.25) is 0 Å². The zero-order valence-corrected chi connectivity index (χ0v) is 15.2. The highest BCUT2D eigenvalue weighted by molar-refractivity contribution is 5.99. The van der Waals surface area contributed by atoms with E-state index >= 15 is 0 Å². The SMILES string of the molecule is CN(C)C(=O)c1cccc(Nc2c(N(C)c3ccccc3)c(=O)c2=O)c1O. The van der Waals surface area contributed by atoms with Crippen LogP contribution in [0.4, 0.5) is 22.7 Å². The highest BCUT2D eigenvalue weighted by atomic mass is 16.3. The lowest BCUT2D eigenvalue weighted by atomic mass is 10.1. The number of phenolic OH excluding ortho intramolecular Hbond substituents is 1. The number of hydrogen-bond acceptors (Lipinski definition) is 6. The molecule has 1 amide bonds. The summed E-state index contributed by atoms with van der Waals surface area (Å²) in [6, 6.07) is 13.7. The van der Waals surface area contributed by atoms with Gasteiger partial charge in [0.1, 0.15) is 11.4 Å². The molecule has 7 heteroatoms. The number of carbonyl (C=O) groups excluding carboxylic acids is 1. The van der Waals surface area contributed by atoms with Gasteiger partial charge in [-0.15, -0.1) is 0 Å². The molecule has 0 aliphatic carbocycles. The third-order valence-electron chi connectivity index (χ3n) is 4.30. The van der Waals surface area contributed by atoms with Crippen molar-refractivity contribution in [1.82, 2.24) is 4.90 Å². The number of phenols is 1. The Hall–Kier alpha value is -3.61. The van der Waals surface area contributed by atoms with Gasteiger partial charge >= 0.3 is 0 Å². The highest BCUT2D eigenvalue weighted by Crippen LogP contribution is 2.34. The predicted octanol–water partition coefficient (Wildman–Crippen LogP) is 2.20. The fourth-order valence-corrected chi connectivity index (χ4v) is 2.79. The first kappa shape index (κ1) is 18.2. The van der Waals surface area contributed by atoms with Crippen molar-refractivity contribution in [2.75, 3.05) is 31.4 Å². The van der Waals surface area contributed by atoms with E-state index in [0.29, 0.717) is 0 Å². The first-order chi connectivity index (χ1) is 12.8. The van der Waals surface area contributed by atoms with Gasteiger partial charge in [-0.3, -0.25) is 14.4 Å². The van der Waals surface area contributed by atoms with Crippen LogP contribution >= 0.6 is 0 Å². The number of nitrogens with one attached hydrogen (secondary N) is 1. The molecule has 0 radical (unpaired) electrons. The second-order valence-corrected chi connectivity index (χ2v) is 6.30. The number of hydrogen-bond donors (Lipinski definition) is 2. The Morgan fingerprint density at radius 2 is 1.59 bits per heavy atom. The number of rotatable bonds is 5. The van der Waals surface area contributed by atoms with Gasteiger partial charge < -0.3 is 20.2 Å². The zero-order chi connectivity index (χ0) is 19.7. The molecule has 0 saturated heterocycles. The molecule has 0 aliphatic heterocycles. The summed E-state index contributed by atoms with van der Waals surface area (Å²) in [5, 5.41) is 13.2. The summed E-state index contributed by atoms with van der Waals surface area (Å²) in [5.74, 6) is -0.652. The molecule has 0 bridgehead atoms. The van der Waals surface area contributed by atoms with Crippen LogP contribution in [0.25, 0.3) is 0 Å². The van der Waals surface area contributed by atoms with Crippen LogP contribution in [0.3, 0.4) is 0 Å². The molecule has 3 aromatic carbocycles. The summed E-state index contributed by atoms with van der Waals surface area (Å²) in [6.45, 7) is 0. The fraction of sp³-hybridized carbons (Fsp3) is 0.150. The van der Waals surface area contributed by atoms with Crippen LogP contribution in [0.15, 0.2) is 58.1 Å². The molecule has 0 atom stereocenters. The Bertz CT molecular complexity index is 1070. The molecule has 0 fully saturated rings. The Balaban J connectivity index is 1.98. The lowest BCUT2D eigenvalue weighted by Gasteiger charge is -2.24. The molecule has 0 aromatic heterocycles. The summed E-state index contributed by atoms with van der Waals surface area (Å²) in [5.41, 5.74) is 0.0269. The predicted molar refractivity (Wildman–Crippen MR) is 105 cm³/mol. The van der Waals surface area contributed by atoms with Gasteiger partial charge in [0.05, 0.1) is 11.3 Å². The van der Waals surface area contributed by atoms with Crippen molar-refractivity contribution in [3.05, 3.63) is 74.5 Å². The lowest BCUT2D eigenvalue weighted by molar-refractivity contribution is 0.0824. The molecule has 3 aromatic rings. The topological polar surface area (TPSA) is 90.0 Å². The first-order valence-electron chi connectivity index (χ1n) is 8.25.